The van der Waals surface area contributed by atoms with Gasteiger partial charge in [-0.2, -0.15) is 0 Å². The molecule has 0 bridgehead atoms. The summed E-state index contributed by atoms with van der Waals surface area (Å²) in [5.74, 6) is 1.29. The molecule has 3 nitrogen and oxygen atoms in total. The fourth-order valence-electron chi connectivity index (χ4n) is 3.92. The second-order valence-corrected chi connectivity index (χ2v) is 6.16. The molecular weight excluding hydrogens is 303 g/mol. The molecule has 1 heterocycles. The number of piperazine rings is 1. The van der Waals surface area contributed by atoms with E-state index in [0.29, 0.717) is 12.0 Å². The molecule has 1 saturated carbocycles. The predicted octanol–water partition coefficient (Wildman–Crippen LogP) is 3.39. The SMILES string of the molecule is COc1ccc(F)cc1[C@H](C1CCCC1)N1CCNCC1.Cl. The number of nitrogens with zero attached hydrogens (tertiary/aromatic N) is 1. The Morgan fingerprint density at radius 1 is 1.23 bits per heavy atom. The molecule has 124 valence electrons. The minimum absolute atomic E-state index is 0. The Balaban J connectivity index is 0.00000176. The van der Waals surface area contributed by atoms with Gasteiger partial charge < -0.3 is 10.1 Å². The molecule has 1 aliphatic heterocycles. The Bertz CT molecular complexity index is 474. The van der Waals surface area contributed by atoms with Gasteiger partial charge in [0, 0.05) is 37.8 Å². The highest BCUT2D eigenvalue weighted by atomic mass is 35.5. The van der Waals surface area contributed by atoms with Gasteiger partial charge in [0.2, 0.25) is 0 Å². The van der Waals surface area contributed by atoms with E-state index >= 15 is 0 Å². The standard InChI is InChI=1S/C17H25FN2O.ClH/c1-21-16-7-6-14(18)12-15(16)17(13-4-2-3-5-13)20-10-8-19-9-11-20;/h6-7,12-13,17,19H,2-5,8-11H2,1H3;1H/t17-;/m0./s1. The van der Waals surface area contributed by atoms with Crippen LogP contribution < -0.4 is 10.1 Å². The van der Waals surface area contributed by atoms with Crippen molar-refractivity contribution in [1.82, 2.24) is 10.2 Å². The van der Waals surface area contributed by atoms with Gasteiger partial charge in [0.05, 0.1) is 7.11 Å². The highest BCUT2D eigenvalue weighted by Gasteiger charge is 2.33. The van der Waals surface area contributed by atoms with Crippen LogP contribution in [0.4, 0.5) is 4.39 Å². The first kappa shape index (κ1) is 17.5. The zero-order valence-corrected chi connectivity index (χ0v) is 14.0. The van der Waals surface area contributed by atoms with E-state index in [4.69, 9.17) is 4.74 Å². The number of nitrogens with one attached hydrogen (secondary N) is 1. The molecule has 1 N–H and O–H groups in total. The first-order chi connectivity index (χ1) is 10.3. The maximum atomic E-state index is 13.8. The summed E-state index contributed by atoms with van der Waals surface area (Å²) in [6.45, 7) is 4.09. The third-order valence-corrected chi connectivity index (χ3v) is 4.90. The van der Waals surface area contributed by atoms with Crippen molar-refractivity contribution in [3.63, 3.8) is 0 Å². The van der Waals surface area contributed by atoms with Gasteiger partial charge in [0.1, 0.15) is 11.6 Å². The Morgan fingerprint density at radius 2 is 1.91 bits per heavy atom. The third kappa shape index (κ3) is 3.73. The summed E-state index contributed by atoms with van der Waals surface area (Å²) in [5.41, 5.74) is 1.03. The van der Waals surface area contributed by atoms with Gasteiger partial charge in [-0.25, -0.2) is 4.39 Å². The number of hydrogen-bond acceptors (Lipinski definition) is 3. The lowest BCUT2D eigenvalue weighted by Gasteiger charge is -2.39. The van der Waals surface area contributed by atoms with Crippen molar-refractivity contribution in [3.05, 3.63) is 29.6 Å². The molecule has 1 aromatic rings. The zero-order valence-electron chi connectivity index (χ0n) is 13.2. The summed E-state index contributed by atoms with van der Waals surface area (Å²) in [6, 6.07) is 5.24. The minimum atomic E-state index is -0.163. The molecule has 1 aromatic carbocycles. The van der Waals surface area contributed by atoms with Crippen LogP contribution in [0.15, 0.2) is 18.2 Å². The topological polar surface area (TPSA) is 24.5 Å². The first-order valence-electron chi connectivity index (χ1n) is 8.08. The Labute approximate surface area is 138 Å². The van der Waals surface area contributed by atoms with Gasteiger partial charge >= 0.3 is 0 Å². The second-order valence-electron chi connectivity index (χ2n) is 6.16. The van der Waals surface area contributed by atoms with E-state index in [0.717, 1.165) is 37.5 Å². The van der Waals surface area contributed by atoms with Crippen LogP contribution in [0.25, 0.3) is 0 Å². The molecule has 0 spiro atoms. The summed E-state index contributed by atoms with van der Waals surface area (Å²) >= 11 is 0. The monoisotopic (exact) mass is 328 g/mol. The van der Waals surface area contributed by atoms with Crippen LogP contribution in [-0.4, -0.2) is 38.2 Å². The molecule has 0 amide bonds. The van der Waals surface area contributed by atoms with Gasteiger partial charge in [-0.1, -0.05) is 12.8 Å². The molecule has 5 heteroatoms. The minimum Gasteiger partial charge on any atom is -0.496 e. The Kier molecular flexibility index (Phi) is 6.48. The van der Waals surface area contributed by atoms with Gasteiger partial charge in [-0.3, -0.25) is 4.90 Å². The molecular formula is C17H26ClFN2O. The highest BCUT2D eigenvalue weighted by Crippen LogP contribution is 2.42. The van der Waals surface area contributed by atoms with Gasteiger partial charge in [0.25, 0.3) is 0 Å². The Hall–Kier alpha value is -0.840. The summed E-state index contributed by atoms with van der Waals surface area (Å²) in [4.78, 5) is 2.52. The number of hydrogen-bond donors (Lipinski definition) is 1. The van der Waals surface area contributed by atoms with Gasteiger partial charge in [-0.15, -0.1) is 12.4 Å². The van der Waals surface area contributed by atoms with Crippen molar-refractivity contribution in [2.24, 2.45) is 5.92 Å². The summed E-state index contributed by atoms with van der Waals surface area (Å²) in [5, 5.41) is 3.40. The van der Waals surface area contributed by atoms with E-state index in [1.165, 1.54) is 31.7 Å². The number of halogens is 2. The van der Waals surface area contributed by atoms with E-state index < -0.39 is 0 Å². The van der Waals surface area contributed by atoms with Crippen molar-refractivity contribution in [1.29, 1.82) is 0 Å². The van der Waals surface area contributed by atoms with Crippen LogP contribution in [0.1, 0.15) is 37.3 Å². The zero-order chi connectivity index (χ0) is 14.7. The lowest BCUT2D eigenvalue weighted by Crippen LogP contribution is -2.46. The van der Waals surface area contributed by atoms with Crippen LogP contribution in [0.2, 0.25) is 0 Å². The van der Waals surface area contributed by atoms with E-state index in [1.807, 2.05) is 0 Å². The van der Waals surface area contributed by atoms with E-state index in [2.05, 4.69) is 10.2 Å². The summed E-state index contributed by atoms with van der Waals surface area (Å²) in [7, 11) is 1.68. The fourth-order valence-corrected chi connectivity index (χ4v) is 3.92. The number of rotatable bonds is 4. The molecule has 1 aliphatic carbocycles. The van der Waals surface area contributed by atoms with Crippen molar-refractivity contribution in [2.45, 2.75) is 31.7 Å². The first-order valence-corrected chi connectivity index (χ1v) is 8.08. The quantitative estimate of drug-likeness (QED) is 0.917. The average molecular weight is 329 g/mol. The maximum Gasteiger partial charge on any atom is 0.123 e. The third-order valence-electron chi connectivity index (χ3n) is 4.90. The molecule has 3 rings (SSSR count). The van der Waals surface area contributed by atoms with Crippen LogP contribution in [0.5, 0.6) is 5.75 Å². The smallest absolute Gasteiger partial charge is 0.123 e. The number of benzene rings is 1. The lowest BCUT2D eigenvalue weighted by atomic mass is 9.89. The second kappa shape index (κ2) is 8.14. The molecule has 1 saturated heterocycles. The highest BCUT2D eigenvalue weighted by molar-refractivity contribution is 5.85. The van der Waals surface area contributed by atoms with E-state index in [9.17, 15) is 4.39 Å². The van der Waals surface area contributed by atoms with Crippen LogP contribution >= 0.6 is 12.4 Å². The van der Waals surface area contributed by atoms with E-state index in [1.54, 1.807) is 19.2 Å². The van der Waals surface area contributed by atoms with E-state index in [-0.39, 0.29) is 18.2 Å². The molecule has 22 heavy (non-hydrogen) atoms. The molecule has 0 aromatic heterocycles. The van der Waals surface area contributed by atoms with Gasteiger partial charge in [-0.05, 0) is 37.0 Å². The molecule has 2 fully saturated rings. The predicted molar refractivity (Wildman–Crippen MR) is 89.3 cm³/mol. The number of methoxy groups -OCH3 is 1. The van der Waals surface area contributed by atoms with Crippen molar-refractivity contribution in [2.75, 3.05) is 33.3 Å². The molecule has 0 radical (unpaired) electrons. The largest absolute Gasteiger partial charge is 0.496 e. The van der Waals surface area contributed by atoms with Crippen molar-refractivity contribution >= 4 is 12.4 Å². The summed E-state index contributed by atoms with van der Waals surface area (Å²) < 4.78 is 19.3. The molecule has 0 unspecified atom stereocenters. The Morgan fingerprint density at radius 3 is 2.55 bits per heavy atom. The van der Waals surface area contributed by atoms with Crippen LogP contribution in [0.3, 0.4) is 0 Å². The van der Waals surface area contributed by atoms with Crippen molar-refractivity contribution < 1.29 is 9.13 Å². The molecule has 2 aliphatic rings. The van der Waals surface area contributed by atoms with Crippen molar-refractivity contribution in [3.8, 4) is 5.75 Å². The lowest BCUT2D eigenvalue weighted by molar-refractivity contribution is 0.123. The molecule has 1 atom stereocenters. The fraction of sp³-hybridized carbons (Fsp3) is 0.647. The summed E-state index contributed by atoms with van der Waals surface area (Å²) in [6.07, 6.45) is 5.08. The van der Waals surface area contributed by atoms with Crippen LogP contribution in [-0.2, 0) is 0 Å². The average Bonchev–Trinajstić information content (AvgIpc) is 3.03. The van der Waals surface area contributed by atoms with Crippen LogP contribution in [0, 0.1) is 11.7 Å². The number of ether oxygens (including phenoxy) is 1. The maximum absolute atomic E-state index is 13.8. The normalized spacial score (nSPS) is 21.4. The van der Waals surface area contributed by atoms with Gasteiger partial charge in [0.15, 0.2) is 0 Å².